The lowest BCUT2D eigenvalue weighted by molar-refractivity contribution is -0.419. The molecule has 0 aliphatic heterocycles. The Hall–Kier alpha value is -1.31. The monoisotopic (exact) mass is 394 g/mol. The van der Waals surface area contributed by atoms with E-state index in [0.29, 0.717) is 0 Å². The van der Waals surface area contributed by atoms with E-state index in [1.807, 2.05) is 0 Å². The molecule has 24 heavy (non-hydrogen) atoms. The Bertz CT molecular complexity index is 503. The third-order valence-electron chi connectivity index (χ3n) is 3.16. The summed E-state index contributed by atoms with van der Waals surface area (Å²) in [5, 5.41) is 0. The molecule has 0 amide bonds. The van der Waals surface area contributed by atoms with Crippen LogP contribution in [0.5, 0.6) is 0 Å². The van der Waals surface area contributed by atoms with Crippen molar-refractivity contribution in [3.8, 4) is 0 Å². The summed E-state index contributed by atoms with van der Waals surface area (Å²) in [7, 11) is 0. The lowest BCUT2D eigenvalue weighted by atomic mass is 9.75. The van der Waals surface area contributed by atoms with Crippen LogP contribution in [0.2, 0.25) is 0 Å². The van der Waals surface area contributed by atoms with Crippen molar-refractivity contribution < 1.29 is 65.9 Å². The smallest absolute Gasteiger partial charge is 0.195 e. The molecular weight excluding hydrogens is 393 g/mol. The Morgan fingerprint density at radius 1 is 0.583 bits per heavy atom. The Morgan fingerprint density at radius 3 is 1.04 bits per heavy atom. The molecule has 0 aromatic carbocycles. The predicted octanol–water partition coefficient (Wildman–Crippen LogP) is 5.51. The molecule has 0 nitrogen and oxygen atoms in total. The molecule has 0 N–H and O–H groups in total. The molecule has 0 aromatic heterocycles. The van der Waals surface area contributed by atoms with Gasteiger partial charge >= 0.3 is 36.3 Å². The van der Waals surface area contributed by atoms with E-state index in [1.54, 1.807) is 0 Å². The molecule has 142 valence electrons. The highest BCUT2D eigenvalue weighted by molar-refractivity contribution is 5.41. The van der Waals surface area contributed by atoms with E-state index < -0.39 is 53.4 Å². The van der Waals surface area contributed by atoms with Gasteiger partial charge in [-0.3, -0.25) is 0 Å². The van der Waals surface area contributed by atoms with Crippen LogP contribution in [0.1, 0.15) is 0 Å². The molecule has 0 fully saturated rings. The molecule has 0 atom stereocenters. The van der Waals surface area contributed by atoms with Crippen molar-refractivity contribution in [2.45, 2.75) is 36.3 Å². The van der Waals surface area contributed by atoms with Gasteiger partial charge in [0.05, 0.1) is 0 Å². The second-order valence-corrected chi connectivity index (χ2v) is 4.57. The maximum absolute atomic E-state index is 13.2. The Labute approximate surface area is 120 Å². The number of hydrogen-bond donors (Lipinski definition) is 0. The number of rotatable bonds is 1. The first kappa shape index (κ1) is 20.7. The van der Waals surface area contributed by atoms with Crippen molar-refractivity contribution in [2.75, 3.05) is 0 Å². The molecule has 0 unspecified atom stereocenters. The van der Waals surface area contributed by atoms with Gasteiger partial charge < -0.3 is 0 Å². The molecule has 0 saturated carbocycles. The number of allylic oxidation sites excluding steroid dienone is 2. The second kappa shape index (κ2) is 4.65. The summed E-state index contributed by atoms with van der Waals surface area (Å²) in [6.45, 7) is 0. The summed E-state index contributed by atoms with van der Waals surface area (Å²) in [5.41, 5.74) is -12.1. The lowest BCUT2D eigenvalue weighted by Crippen LogP contribution is -2.64. The van der Waals surface area contributed by atoms with Gasteiger partial charge in [-0.15, -0.1) is 0 Å². The maximum atomic E-state index is 13.2. The van der Waals surface area contributed by atoms with E-state index >= 15 is 0 Å². The summed E-state index contributed by atoms with van der Waals surface area (Å²) < 4.78 is 190. The second-order valence-electron chi connectivity index (χ2n) is 4.57. The summed E-state index contributed by atoms with van der Waals surface area (Å²) in [6, 6.07) is 0. The third kappa shape index (κ3) is 2.18. The van der Waals surface area contributed by atoms with Crippen LogP contribution in [0.4, 0.5) is 65.9 Å². The highest BCUT2D eigenvalue weighted by atomic mass is 19.4. The van der Waals surface area contributed by atoms with Crippen molar-refractivity contribution in [1.29, 1.82) is 0 Å². The van der Waals surface area contributed by atoms with Gasteiger partial charge in [-0.05, 0) is 6.08 Å². The summed E-state index contributed by atoms with van der Waals surface area (Å²) in [4.78, 5) is 0. The molecule has 0 spiro atoms. The van der Waals surface area contributed by atoms with Crippen molar-refractivity contribution >= 4 is 0 Å². The average molecular weight is 394 g/mol. The molecule has 15 heteroatoms. The van der Waals surface area contributed by atoms with Crippen LogP contribution < -0.4 is 0 Å². The highest BCUT2D eigenvalue weighted by Gasteiger charge is 2.92. The highest BCUT2D eigenvalue weighted by Crippen LogP contribution is 2.70. The van der Waals surface area contributed by atoms with Gasteiger partial charge in [0.15, 0.2) is 0 Å². The molecule has 0 aromatic rings. The van der Waals surface area contributed by atoms with E-state index in [1.165, 1.54) is 0 Å². The first-order valence-corrected chi connectivity index (χ1v) is 5.16. The molecule has 0 bridgehead atoms. The largest absolute Gasteiger partial charge is 0.416 e. The molecular formula is C9HF15. The summed E-state index contributed by atoms with van der Waals surface area (Å²) in [6.07, 6.45) is -25.5. The standard InChI is InChI=1S/C9HF15/c10-3(11)1-2(5(12,13)6(3,14)15)4(7(16,17)18,8(19,20)21)9(22,23)24/h1H. The molecule has 0 saturated heterocycles. The fourth-order valence-corrected chi connectivity index (χ4v) is 2.02. The SMILES string of the molecule is FC(F)(F)C(C1=CC(F)(F)C(F)(F)C1(F)F)(C(F)(F)F)C(F)(F)F. The van der Waals surface area contributed by atoms with Crippen LogP contribution in [-0.2, 0) is 0 Å². The third-order valence-corrected chi connectivity index (χ3v) is 3.16. The minimum Gasteiger partial charge on any atom is -0.195 e. The van der Waals surface area contributed by atoms with Gasteiger partial charge in [0, 0.05) is 5.57 Å². The fourth-order valence-electron chi connectivity index (χ4n) is 2.02. The quantitative estimate of drug-likeness (QED) is 0.407. The van der Waals surface area contributed by atoms with Crippen molar-refractivity contribution in [2.24, 2.45) is 5.41 Å². The average Bonchev–Trinajstić information content (AvgIpc) is 2.31. The molecule has 1 rings (SSSR count). The summed E-state index contributed by atoms with van der Waals surface area (Å²) >= 11 is 0. The summed E-state index contributed by atoms with van der Waals surface area (Å²) in [5.74, 6) is -20.4. The van der Waals surface area contributed by atoms with Crippen molar-refractivity contribution in [3.63, 3.8) is 0 Å². The Morgan fingerprint density at radius 2 is 0.875 bits per heavy atom. The van der Waals surface area contributed by atoms with Crippen LogP contribution in [0, 0.1) is 5.41 Å². The first-order valence-electron chi connectivity index (χ1n) is 5.16. The minimum atomic E-state index is -7.73. The van der Waals surface area contributed by atoms with E-state index in [-0.39, 0.29) is 0 Å². The first-order chi connectivity index (χ1) is 10.1. The van der Waals surface area contributed by atoms with E-state index in [9.17, 15) is 65.9 Å². The van der Waals surface area contributed by atoms with Crippen LogP contribution in [0.15, 0.2) is 11.6 Å². The molecule has 0 radical (unpaired) electrons. The Balaban J connectivity index is 4.04. The number of halogens is 15. The van der Waals surface area contributed by atoms with E-state index in [4.69, 9.17) is 0 Å². The van der Waals surface area contributed by atoms with Gasteiger partial charge in [0.2, 0.25) is 0 Å². The van der Waals surface area contributed by atoms with Crippen molar-refractivity contribution in [3.05, 3.63) is 11.6 Å². The van der Waals surface area contributed by atoms with Crippen LogP contribution in [0.3, 0.4) is 0 Å². The van der Waals surface area contributed by atoms with E-state index in [0.717, 1.165) is 0 Å². The van der Waals surface area contributed by atoms with Gasteiger partial charge in [0.25, 0.3) is 5.41 Å². The van der Waals surface area contributed by atoms with E-state index in [2.05, 4.69) is 0 Å². The van der Waals surface area contributed by atoms with Gasteiger partial charge in [0.1, 0.15) is 0 Å². The Kier molecular flexibility index (Phi) is 4.02. The zero-order chi connectivity index (χ0) is 19.8. The number of hydrogen-bond acceptors (Lipinski definition) is 0. The predicted molar refractivity (Wildman–Crippen MR) is 43.5 cm³/mol. The molecule has 0 heterocycles. The molecule has 1 aliphatic rings. The molecule has 1 aliphatic carbocycles. The minimum absolute atomic E-state index is 2.33. The van der Waals surface area contributed by atoms with Crippen LogP contribution in [-0.4, -0.2) is 36.3 Å². The van der Waals surface area contributed by atoms with Gasteiger partial charge in [-0.1, -0.05) is 0 Å². The van der Waals surface area contributed by atoms with Crippen LogP contribution in [0.25, 0.3) is 0 Å². The zero-order valence-electron chi connectivity index (χ0n) is 10.2. The number of alkyl halides is 15. The van der Waals surface area contributed by atoms with Gasteiger partial charge in [-0.2, -0.15) is 65.9 Å². The normalized spacial score (nSPS) is 24.0. The zero-order valence-corrected chi connectivity index (χ0v) is 10.2. The fraction of sp³-hybridized carbons (Fsp3) is 0.778. The van der Waals surface area contributed by atoms with Gasteiger partial charge in [-0.25, -0.2) is 0 Å². The van der Waals surface area contributed by atoms with Crippen LogP contribution >= 0.6 is 0 Å². The topological polar surface area (TPSA) is 0 Å². The van der Waals surface area contributed by atoms with Crippen molar-refractivity contribution in [1.82, 2.24) is 0 Å². The maximum Gasteiger partial charge on any atom is 0.416 e. The lowest BCUT2D eigenvalue weighted by Gasteiger charge is -2.41.